The summed E-state index contributed by atoms with van der Waals surface area (Å²) in [6, 6.07) is 0. The Hall–Kier alpha value is -0.890. The second kappa shape index (κ2) is 7.74. The van der Waals surface area contributed by atoms with E-state index < -0.39 is 6.23 Å². The minimum absolute atomic E-state index is 0.599. The zero-order valence-electron chi connectivity index (χ0n) is 8.70. The predicted molar refractivity (Wildman–Crippen MR) is 58.0 cm³/mol. The molecule has 0 heterocycles. The van der Waals surface area contributed by atoms with Gasteiger partial charge < -0.3 is 5.11 Å². The van der Waals surface area contributed by atoms with Gasteiger partial charge in [-0.15, -0.1) is 0 Å². The predicted octanol–water partition coefficient (Wildman–Crippen LogP) is 2.70. The number of nitrogens with zero attached hydrogens (tertiary/aromatic N) is 1. The molecule has 0 radical (unpaired) electrons. The van der Waals surface area contributed by atoms with Crippen LogP contribution in [0.15, 0.2) is 28.8 Å². The van der Waals surface area contributed by atoms with E-state index in [0.29, 0.717) is 6.42 Å². The van der Waals surface area contributed by atoms with Crippen LogP contribution in [0, 0.1) is 0 Å². The number of hydrogen-bond donors (Lipinski definition) is 1. The van der Waals surface area contributed by atoms with E-state index in [0.717, 1.165) is 12.0 Å². The highest BCUT2D eigenvalue weighted by Gasteiger charge is 1.94. The maximum absolute atomic E-state index is 9.34. The summed E-state index contributed by atoms with van der Waals surface area (Å²) in [5, 5.41) is 9.34. The lowest BCUT2D eigenvalue weighted by molar-refractivity contribution is 0.189. The third kappa shape index (κ3) is 7.47. The summed E-state index contributed by atoms with van der Waals surface area (Å²) in [6.07, 6.45) is 8.64. The SMILES string of the molecule is C/C=C(\C)C=N[C@H](O)C/C=C\CC. The lowest BCUT2D eigenvalue weighted by Gasteiger charge is -1.99. The molecule has 0 saturated carbocycles. The normalized spacial score (nSPS) is 15.8. The van der Waals surface area contributed by atoms with Crippen LogP contribution in [0.5, 0.6) is 0 Å². The number of hydrogen-bond acceptors (Lipinski definition) is 2. The Morgan fingerprint density at radius 3 is 2.69 bits per heavy atom. The van der Waals surface area contributed by atoms with Crippen molar-refractivity contribution in [2.45, 2.75) is 39.8 Å². The molecule has 0 fully saturated rings. The van der Waals surface area contributed by atoms with Crippen molar-refractivity contribution in [3.63, 3.8) is 0 Å². The van der Waals surface area contributed by atoms with Gasteiger partial charge in [0, 0.05) is 12.6 Å². The van der Waals surface area contributed by atoms with Crippen LogP contribution in [0.4, 0.5) is 0 Å². The van der Waals surface area contributed by atoms with E-state index in [1.54, 1.807) is 6.21 Å². The Balaban J connectivity index is 3.80. The lowest BCUT2D eigenvalue weighted by atomic mass is 10.3. The highest BCUT2D eigenvalue weighted by Crippen LogP contribution is 1.97. The van der Waals surface area contributed by atoms with Crippen LogP contribution in [-0.2, 0) is 0 Å². The molecule has 0 aromatic carbocycles. The van der Waals surface area contributed by atoms with Gasteiger partial charge >= 0.3 is 0 Å². The van der Waals surface area contributed by atoms with Crippen molar-refractivity contribution >= 4 is 6.21 Å². The van der Waals surface area contributed by atoms with E-state index in [1.165, 1.54) is 0 Å². The maximum Gasteiger partial charge on any atom is 0.148 e. The van der Waals surface area contributed by atoms with Gasteiger partial charge in [-0.3, -0.25) is 4.99 Å². The van der Waals surface area contributed by atoms with Crippen LogP contribution >= 0.6 is 0 Å². The lowest BCUT2D eigenvalue weighted by Crippen LogP contribution is -2.00. The molecule has 0 aliphatic carbocycles. The van der Waals surface area contributed by atoms with E-state index >= 15 is 0 Å². The summed E-state index contributed by atoms with van der Waals surface area (Å²) >= 11 is 0. The molecule has 0 aromatic rings. The first-order chi connectivity index (χ1) is 6.20. The highest BCUT2D eigenvalue weighted by atomic mass is 16.3. The van der Waals surface area contributed by atoms with E-state index in [2.05, 4.69) is 11.9 Å². The number of aliphatic imine (C=N–C) groups is 1. The molecule has 1 atom stereocenters. The van der Waals surface area contributed by atoms with Gasteiger partial charge in [0.2, 0.25) is 0 Å². The second-order valence-electron chi connectivity index (χ2n) is 2.91. The fraction of sp³-hybridized carbons (Fsp3) is 0.545. The van der Waals surface area contributed by atoms with E-state index in [-0.39, 0.29) is 0 Å². The van der Waals surface area contributed by atoms with Crippen molar-refractivity contribution in [3.05, 3.63) is 23.8 Å². The fourth-order valence-corrected chi connectivity index (χ4v) is 0.724. The molecule has 0 amide bonds. The molecule has 2 nitrogen and oxygen atoms in total. The third-order valence-electron chi connectivity index (χ3n) is 1.65. The first-order valence-corrected chi connectivity index (χ1v) is 4.69. The van der Waals surface area contributed by atoms with Crippen LogP contribution in [0.2, 0.25) is 0 Å². The topological polar surface area (TPSA) is 32.6 Å². The van der Waals surface area contributed by atoms with Crippen molar-refractivity contribution in [1.82, 2.24) is 0 Å². The maximum atomic E-state index is 9.34. The van der Waals surface area contributed by atoms with E-state index in [4.69, 9.17) is 0 Å². The average Bonchev–Trinajstić information content (AvgIpc) is 2.14. The Labute approximate surface area is 80.7 Å². The van der Waals surface area contributed by atoms with Gasteiger partial charge in [0.25, 0.3) is 0 Å². The molecule has 13 heavy (non-hydrogen) atoms. The van der Waals surface area contributed by atoms with E-state index in [9.17, 15) is 5.11 Å². The molecule has 2 heteroatoms. The quantitative estimate of drug-likeness (QED) is 0.513. The first kappa shape index (κ1) is 12.1. The van der Waals surface area contributed by atoms with Gasteiger partial charge in [0.15, 0.2) is 0 Å². The van der Waals surface area contributed by atoms with Crippen LogP contribution in [0.3, 0.4) is 0 Å². The van der Waals surface area contributed by atoms with E-state index in [1.807, 2.05) is 32.1 Å². The molecule has 74 valence electrons. The Kier molecular flexibility index (Phi) is 7.21. The van der Waals surface area contributed by atoms with Gasteiger partial charge in [-0.2, -0.15) is 0 Å². The average molecular weight is 181 g/mol. The van der Waals surface area contributed by atoms with Crippen molar-refractivity contribution in [2.24, 2.45) is 4.99 Å². The molecule has 0 bridgehead atoms. The van der Waals surface area contributed by atoms with Crippen molar-refractivity contribution in [1.29, 1.82) is 0 Å². The second-order valence-corrected chi connectivity index (χ2v) is 2.91. The standard InChI is InChI=1S/C11H19NO/c1-4-6-7-8-11(13)12-9-10(3)5-2/h5-7,9,11,13H,4,8H2,1-3H3/b7-6-,10-5+,12-9?/t11-/m1/s1. The first-order valence-electron chi connectivity index (χ1n) is 4.69. The summed E-state index contributed by atoms with van der Waals surface area (Å²) in [5.74, 6) is 0. The number of rotatable bonds is 5. The molecule has 0 saturated heterocycles. The summed E-state index contributed by atoms with van der Waals surface area (Å²) in [4.78, 5) is 3.98. The molecule has 1 N–H and O–H groups in total. The third-order valence-corrected chi connectivity index (χ3v) is 1.65. The van der Waals surface area contributed by atoms with Crippen molar-refractivity contribution in [2.75, 3.05) is 0 Å². The van der Waals surface area contributed by atoms with Crippen LogP contribution in [0.1, 0.15) is 33.6 Å². The van der Waals surface area contributed by atoms with Crippen molar-refractivity contribution < 1.29 is 5.11 Å². The van der Waals surface area contributed by atoms with Crippen LogP contribution in [0.25, 0.3) is 0 Å². The van der Waals surface area contributed by atoms with Crippen molar-refractivity contribution in [3.8, 4) is 0 Å². The van der Waals surface area contributed by atoms with Gasteiger partial charge in [0.05, 0.1) is 0 Å². The van der Waals surface area contributed by atoms with Gasteiger partial charge in [0.1, 0.15) is 6.23 Å². The largest absolute Gasteiger partial charge is 0.371 e. The zero-order valence-corrected chi connectivity index (χ0v) is 8.70. The molecule has 0 aromatic heterocycles. The monoisotopic (exact) mass is 181 g/mol. The molecule has 0 aliphatic heterocycles. The van der Waals surface area contributed by atoms with Gasteiger partial charge in [-0.05, 0) is 25.8 Å². The number of allylic oxidation sites excluding steroid dienone is 3. The fourth-order valence-electron chi connectivity index (χ4n) is 0.724. The summed E-state index contributed by atoms with van der Waals surface area (Å²) in [5.41, 5.74) is 1.07. The summed E-state index contributed by atoms with van der Waals surface area (Å²) < 4.78 is 0. The van der Waals surface area contributed by atoms with Gasteiger partial charge in [-0.1, -0.05) is 25.2 Å². The molecule has 0 spiro atoms. The summed E-state index contributed by atoms with van der Waals surface area (Å²) in [6.45, 7) is 5.97. The van der Waals surface area contributed by atoms with Crippen LogP contribution in [-0.4, -0.2) is 17.5 Å². The summed E-state index contributed by atoms with van der Waals surface area (Å²) in [7, 11) is 0. The van der Waals surface area contributed by atoms with Crippen LogP contribution < -0.4 is 0 Å². The molecule has 0 rings (SSSR count). The molecular weight excluding hydrogens is 162 g/mol. The zero-order chi connectivity index (χ0) is 10.1. The minimum atomic E-state index is -0.599. The number of aliphatic hydroxyl groups is 1. The highest BCUT2D eigenvalue weighted by molar-refractivity contribution is 5.77. The molecular formula is C11H19NO. The Morgan fingerprint density at radius 1 is 1.46 bits per heavy atom. The molecule has 0 aliphatic rings. The minimum Gasteiger partial charge on any atom is -0.371 e. The number of aliphatic hydroxyl groups excluding tert-OH is 1. The molecule has 0 unspecified atom stereocenters. The Morgan fingerprint density at radius 2 is 2.15 bits per heavy atom. The van der Waals surface area contributed by atoms with Gasteiger partial charge in [-0.25, -0.2) is 0 Å². The smallest absolute Gasteiger partial charge is 0.148 e. The Bertz CT molecular complexity index is 204.